The molecule has 1 saturated heterocycles. The van der Waals surface area contributed by atoms with E-state index in [2.05, 4.69) is 10.6 Å². The highest BCUT2D eigenvalue weighted by molar-refractivity contribution is 5.96. The first-order chi connectivity index (χ1) is 10.1. The number of carbonyl (C=O) groups is 2. The molecule has 5 heteroatoms. The highest BCUT2D eigenvalue weighted by Gasteiger charge is 2.24. The van der Waals surface area contributed by atoms with Crippen molar-refractivity contribution in [2.75, 3.05) is 27.2 Å². The quantitative estimate of drug-likeness (QED) is 0.843. The lowest BCUT2D eigenvalue weighted by molar-refractivity contribution is -0.132. The molecule has 114 valence electrons. The van der Waals surface area contributed by atoms with Gasteiger partial charge in [-0.05, 0) is 38.1 Å². The van der Waals surface area contributed by atoms with E-state index in [1.54, 1.807) is 11.9 Å². The lowest BCUT2D eigenvalue weighted by Gasteiger charge is -2.30. The van der Waals surface area contributed by atoms with E-state index in [9.17, 15) is 9.59 Å². The van der Waals surface area contributed by atoms with Crippen LogP contribution in [0.2, 0.25) is 0 Å². The van der Waals surface area contributed by atoms with Gasteiger partial charge in [0.25, 0.3) is 5.91 Å². The lowest BCUT2D eigenvalue weighted by Crippen LogP contribution is -2.48. The second kappa shape index (κ2) is 7.22. The van der Waals surface area contributed by atoms with E-state index in [0.717, 1.165) is 24.1 Å². The van der Waals surface area contributed by atoms with Crippen molar-refractivity contribution in [3.63, 3.8) is 0 Å². The number of rotatable bonds is 5. The van der Waals surface area contributed by atoms with Crippen LogP contribution < -0.4 is 10.6 Å². The summed E-state index contributed by atoms with van der Waals surface area (Å²) in [4.78, 5) is 25.6. The van der Waals surface area contributed by atoms with Gasteiger partial charge in [0.05, 0.1) is 0 Å². The fourth-order valence-electron chi connectivity index (χ4n) is 2.61. The van der Waals surface area contributed by atoms with Crippen LogP contribution in [0, 0.1) is 0 Å². The monoisotopic (exact) mass is 289 g/mol. The maximum atomic E-state index is 12.5. The number of likely N-dealkylation sites (N-methyl/N-ethyl adjacent to an activating group) is 2. The predicted octanol–water partition coefficient (Wildman–Crippen LogP) is 0.799. The second-order valence-electron chi connectivity index (χ2n) is 5.49. The standard InChI is InChI=1S/C16H23N3O2/c1-17-10-9-12-5-3-4-6-14(12)16(21)18-13-7-8-15(20)19(2)11-13/h3-6,13,17H,7-11H2,1-2H3,(H,18,21). The van der Waals surface area contributed by atoms with Crippen LogP contribution in [-0.2, 0) is 11.2 Å². The summed E-state index contributed by atoms with van der Waals surface area (Å²) in [6.45, 7) is 1.42. The Balaban J connectivity index is 2.01. The summed E-state index contributed by atoms with van der Waals surface area (Å²) in [6, 6.07) is 7.72. The van der Waals surface area contributed by atoms with Crippen molar-refractivity contribution in [3.8, 4) is 0 Å². The van der Waals surface area contributed by atoms with Gasteiger partial charge in [-0.25, -0.2) is 0 Å². The summed E-state index contributed by atoms with van der Waals surface area (Å²) in [7, 11) is 3.68. The third-order valence-electron chi connectivity index (χ3n) is 3.87. The zero-order chi connectivity index (χ0) is 15.2. The number of piperidine rings is 1. The van der Waals surface area contributed by atoms with Gasteiger partial charge in [-0.15, -0.1) is 0 Å². The molecule has 1 aliphatic rings. The molecule has 2 rings (SSSR count). The second-order valence-corrected chi connectivity index (χ2v) is 5.49. The first-order valence-corrected chi connectivity index (χ1v) is 7.39. The van der Waals surface area contributed by atoms with Gasteiger partial charge < -0.3 is 15.5 Å². The molecular formula is C16H23N3O2. The van der Waals surface area contributed by atoms with Gasteiger partial charge in [-0.2, -0.15) is 0 Å². The third-order valence-corrected chi connectivity index (χ3v) is 3.87. The smallest absolute Gasteiger partial charge is 0.251 e. The molecule has 1 atom stereocenters. The van der Waals surface area contributed by atoms with Crippen molar-refractivity contribution < 1.29 is 9.59 Å². The Hall–Kier alpha value is -1.88. The average Bonchev–Trinajstić information content (AvgIpc) is 2.49. The molecule has 1 aromatic rings. The third kappa shape index (κ3) is 4.04. The number of likely N-dealkylation sites (tertiary alicyclic amines) is 1. The molecule has 0 aliphatic carbocycles. The van der Waals surface area contributed by atoms with Gasteiger partial charge >= 0.3 is 0 Å². The van der Waals surface area contributed by atoms with Gasteiger partial charge in [0.2, 0.25) is 5.91 Å². The summed E-state index contributed by atoms with van der Waals surface area (Å²) in [5.41, 5.74) is 1.77. The number of hydrogen-bond donors (Lipinski definition) is 2. The molecule has 1 unspecified atom stereocenters. The number of nitrogens with zero attached hydrogens (tertiary/aromatic N) is 1. The molecule has 0 aromatic heterocycles. The Bertz CT molecular complexity index is 516. The number of benzene rings is 1. The van der Waals surface area contributed by atoms with E-state index in [0.29, 0.717) is 19.4 Å². The number of hydrogen-bond acceptors (Lipinski definition) is 3. The highest BCUT2D eigenvalue weighted by atomic mass is 16.2. The minimum atomic E-state index is -0.0468. The molecule has 0 spiro atoms. The zero-order valence-corrected chi connectivity index (χ0v) is 12.7. The molecule has 1 aromatic carbocycles. The molecule has 21 heavy (non-hydrogen) atoms. The van der Waals surface area contributed by atoms with Crippen LogP contribution in [-0.4, -0.2) is 49.9 Å². The lowest BCUT2D eigenvalue weighted by atomic mass is 10.0. The number of amides is 2. The minimum absolute atomic E-state index is 0.0394. The van der Waals surface area contributed by atoms with Crippen LogP contribution >= 0.6 is 0 Å². The van der Waals surface area contributed by atoms with Crippen molar-refractivity contribution in [2.45, 2.75) is 25.3 Å². The number of nitrogens with one attached hydrogen (secondary N) is 2. The molecule has 0 saturated carbocycles. The Labute approximate surface area is 125 Å². The summed E-state index contributed by atoms with van der Waals surface area (Å²) in [6.07, 6.45) is 2.04. The average molecular weight is 289 g/mol. The van der Waals surface area contributed by atoms with E-state index in [-0.39, 0.29) is 17.9 Å². The number of carbonyl (C=O) groups excluding carboxylic acids is 2. The maximum absolute atomic E-state index is 12.5. The van der Waals surface area contributed by atoms with Crippen LogP contribution in [0.4, 0.5) is 0 Å². The summed E-state index contributed by atoms with van der Waals surface area (Å²) >= 11 is 0. The molecule has 2 amide bonds. The Morgan fingerprint density at radius 1 is 1.38 bits per heavy atom. The van der Waals surface area contributed by atoms with Crippen molar-refractivity contribution in [1.82, 2.24) is 15.5 Å². The van der Waals surface area contributed by atoms with E-state index >= 15 is 0 Å². The van der Waals surface area contributed by atoms with Crippen molar-refractivity contribution >= 4 is 11.8 Å². The van der Waals surface area contributed by atoms with E-state index < -0.39 is 0 Å². The van der Waals surface area contributed by atoms with Gasteiger partial charge in [0, 0.05) is 31.6 Å². The van der Waals surface area contributed by atoms with E-state index in [1.807, 2.05) is 31.3 Å². The molecule has 1 fully saturated rings. The minimum Gasteiger partial charge on any atom is -0.348 e. The van der Waals surface area contributed by atoms with E-state index in [4.69, 9.17) is 0 Å². The van der Waals surface area contributed by atoms with Gasteiger partial charge in [0.15, 0.2) is 0 Å². The summed E-state index contributed by atoms with van der Waals surface area (Å²) in [5.74, 6) is 0.101. The fraction of sp³-hybridized carbons (Fsp3) is 0.500. The first-order valence-electron chi connectivity index (χ1n) is 7.39. The van der Waals surface area contributed by atoms with Crippen LogP contribution in [0.3, 0.4) is 0 Å². The van der Waals surface area contributed by atoms with Crippen molar-refractivity contribution in [3.05, 3.63) is 35.4 Å². The topological polar surface area (TPSA) is 61.4 Å². The predicted molar refractivity (Wildman–Crippen MR) is 82.2 cm³/mol. The summed E-state index contributed by atoms with van der Waals surface area (Å²) in [5, 5.41) is 6.15. The molecule has 0 radical (unpaired) electrons. The van der Waals surface area contributed by atoms with Crippen LogP contribution in [0.25, 0.3) is 0 Å². The Morgan fingerprint density at radius 2 is 2.14 bits per heavy atom. The van der Waals surface area contributed by atoms with Crippen LogP contribution in [0.15, 0.2) is 24.3 Å². The molecule has 5 nitrogen and oxygen atoms in total. The first kappa shape index (κ1) is 15.5. The zero-order valence-electron chi connectivity index (χ0n) is 12.7. The van der Waals surface area contributed by atoms with Gasteiger partial charge in [-0.1, -0.05) is 18.2 Å². The fourth-order valence-corrected chi connectivity index (χ4v) is 2.61. The molecule has 1 aliphatic heterocycles. The van der Waals surface area contributed by atoms with Gasteiger partial charge in [-0.3, -0.25) is 9.59 Å². The molecule has 2 N–H and O–H groups in total. The molecule has 0 bridgehead atoms. The van der Waals surface area contributed by atoms with Crippen LogP contribution in [0.1, 0.15) is 28.8 Å². The van der Waals surface area contributed by atoms with E-state index in [1.165, 1.54) is 0 Å². The van der Waals surface area contributed by atoms with Crippen molar-refractivity contribution in [1.29, 1.82) is 0 Å². The SMILES string of the molecule is CNCCc1ccccc1C(=O)NC1CCC(=O)N(C)C1. The Morgan fingerprint density at radius 3 is 2.86 bits per heavy atom. The normalized spacial score (nSPS) is 18.7. The summed E-state index contributed by atoms with van der Waals surface area (Å²) < 4.78 is 0. The highest BCUT2D eigenvalue weighted by Crippen LogP contribution is 2.13. The largest absolute Gasteiger partial charge is 0.348 e. The van der Waals surface area contributed by atoms with Crippen molar-refractivity contribution in [2.24, 2.45) is 0 Å². The molecule has 1 heterocycles. The molecular weight excluding hydrogens is 266 g/mol. The Kier molecular flexibility index (Phi) is 5.33. The maximum Gasteiger partial charge on any atom is 0.251 e. The van der Waals surface area contributed by atoms with Crippen LogP contribution in [0.5, 0.6) is 0 Å². The van der Waals surface area contributed by atoms with Gasteiger partial charge in [0.1, 0.15) is 0 Å².